The Labute approximate surface area is 94.0 Å². The van der Waals surface area contributed by atoms with E-state index in [9.17, 15) is 0 Å². The second-order valence-corrected chi connectivity index (χ2v) is 5.15. The van der Waals surface area contributed by atoms with E-state index in [0.29, 0.717) is 0 Å². The van der Waals surface area contributed by atoms with Crippen LogP contribution < -0.4 is 0 Å². The van der Waals surface area contributed by atoms with Gasteiger partial charge in [-0.15, -0.1) is 0 Å². The average Bonchev–Trinajstić information content (AvgIpc) is 2.17. The molecule has 0 N–H and O–H groups in total. The molecule has 0 fully saturated rings. The molecule has 0 heterocycles. The fourth-order valence-corrected chi connectivity index (χ4v) is 1.74. The molecule has 0 bridgehead atoms. The summed E-state index contributed by atoms with van der Waals surface area (Å²) >= 11 is 0. The van der Waals surface area contributed by atoms with E-state index in [2.05, 4.69) is 64.1 Å². The highest BCUT2D eigenvalue weighted by atomic mass is 14.1. The molecule has 0 nitrogen and oxygen atoms in total. The summed E-state index contributed by atoms with van der Waals surface area (Å²) in [6.07, 6.45) is 4.77. The first-order valence-electron chi connectivity index (χ1n) is 5.80. The first-order valence-corrected chi connectivity index (χ1v) is 5.80. The van der Waals surface area contributed by atoms with Crippen LogP contribution in [0.5, 0.6) is 0 Å². The van der Waals surface area contributed by atoms with Gasteiger partial charge < -0.3 is 0 Å². The molecule has 1 rings (SSSR count). The molecular formula is C15H22. The fourth-order valence-electron chi connectivity index (χ4n) is 1.74. The highest BCUT2D eigenvalue weighted by Crippen LogP contribution is 2.26. The van der Waals surface area contributed by atoms with Crippen molar-refractivity contribution in [2.24, 2.45) is 5.41 Å². The highest BCUT2D eigenvalue weighted by Gasteiger charge is 2.09. The van der Waals surface area contributed by atoms with Crippen molar-refractivity contribution >= 4 is 5.57 Å². The summed E-state index contributed by atoms with van der Waals surface area (Å²) in [6.45, 7) is 9.00. The third-order valence-electron chi connectivity index (χ3n) is 2.27. The predicted molar refractivity (Wildman–Crippen MR) is 68.8 cm³/mol. The first kappa shape index (κ1) is 12.0. The lowest BCUT2D eigenvalue weighted by atomic mass is 9.89. The first-order chi connectivity index (χ1) is 7.03. The summed E-state index contributed by atoms with van der Waals surface area (Å²) in [7, 11) is 0. The third kappa shape index (κ3) is 4.33. The zero-order valence-corrected chi connectivity index (χ0v) is 10.4. The minimum atomic E-state index is 0.264. The van der Waals surface area contributed by atoms with Crippen LogP contribution in [0.4, 0.5) is 0 Å². The monoisotopic (exact) mass is 202 g/mol. The second-order valence-electron chi connectivity index (χ2n) is 5.15. The van der Waals surface area contributed by atoms with Gasteiger partial charge >= 0.3 is 0 Å². The van der Waals surface area contributed by atoms with Crippen LogP contribution in [0.1, 0.15) is 46.1 Å². The molecule has 1 aromatic rings. The molecule has 0 saturated heterocycles. The Bertz CT molecular complexity index is 312. The quantitative estimate of drug-likeness (QED) is 0.653. The molecule has 1 aromatic carbocycles. The van der Waals surface area contributed by atoms with Gasteiger partial charge in [-0.2, -0.15) is 0 Å². The van der Waals surface area contributed by atoms with Gasteiger partial charge in [0.1, 0.15) is 0 Å². The molecule has 82 valence electrons. The summed E-state index contributed by atoms with van der Waals surface area (Å²) < 4.78 is 0. The molecule has 0 spiro atoms. The SMILES string of the molecule is CCCC(=CC(C)(C)C)c1ccccc1. The van der Waals surface area contributed by atoms with E-state index in [-0.39, 0.29) is 5.41 Å². The maximum Gasteiger partial charge on any atom is -0.0197 e. The molecule has 0 saturated carbocycles. The van der Waals surface area contributed by atoms with Gasteiger partial charge in [0, 0.05) is 0 Å². The third-order valence-corrected chi connectivity index (χ3v) is 2.27. The van der Waals surface area contributed by atoms with Gasteiger partial charge in [-0.3, -0.25) is 0 Å². The van der Waals surface area contributed by atoms with Crippen LogP contribution in [0, 0.1) is 5.41 Å². The minimum Gasteiger partial charge on any atom is -0.0753 e. The summed E-state index contributed by atoms with van der Waals surface area (Å²) in [6, 6.07) is 10.7. The van der Waals surface area contributed by atoms with Gasteiger partial charge in [-0.25, -0.2) is 0 Å². The molecule has 15 heavy (non-hydrogen) atoms. The van der Waals surface area contributed by atoms with Crippen molar-refractivity contribution < 1.29 is 0 Å². The highest BCUT2D eigenvalue weighted by molar-refractivity contribution is 5.65. The van der Waals surface area contributed by atoms with Crippen LogP contribution in [0.2, 0.25) is 0 Å². The lowest BCUT2D eigenvalue weighted by molar-refractivity contribution is 0.544. The zero-order valence-electron chi connectivity index (χ0n) is 10.4. The molecule has 0 aliphatic carbocycles. The van der Waals surface area contributed by atoms with E-state index >= 15 is 0 Å². The van der Waals surface area contributed by atoms with Gasteiger partial charge in [0.05, 0.1) is 0 Å². The van der Waals surface area contributed by atoms with Crippen LogP contribution in [-0.4, -0.2) is 0 Å². The predicted octanol–water partition coefficient (Wildman–Crippen LogP) is 4.92. The largest absolute Gasteiger partial charge is 0.0753 e. The molecule has 0 aliphatic heterocycles. The fraction of sp³-hybridized carbons (Fsp3) is 0.467. The van der Waals surface area contributed by atoms with Gasteiger partial charge in [-0.1, -0.05) is 70.5 Å². The van der Waals surface area contributed by atoms with Gasteiger partial charge in [-0.05, 0) is 23.0 Å². The number of rotatable bonds is 3. The lowest BCUT2D eigenvalue weighted by Gasteiger charge is -2.16. The Balaban J connectivity index is 2.99. The van der Waals surface area contributed by atoms with Crippen LogP contribution in [-0.2, 0) is 0 Å². The smallest absolute Gasteiger partial charge is 0.0197 e. The molecular weight excluding hydrogens is 180 g/mol. The normalized spacial score (nSPS) is 12.9. The number of hydrogen-bond acceptors (Lipinski definition) is 0. The number of hydrogen-bond donors (Lipinski definition) is 0. The maximum atomic E-state index is 2.39. The standard InChI is InChI=1S/C15H22/c1-5-9-14(12-15(2,3)4)13-10-7-6-8-11-13/h6-8,10-12H,5,9H2,1-4H3. The van der Waals surface area contributed by atoms with Crippen molar-refractivity contribution in [3.63, 3.8) is 0 Å². The van der Waals surface area contributed by atoms with Gasteiger partial charge in [0.15, 0.2) is 0 Å². The van der Waals surface area contributed by atoms with Gasteiger partial charge in [0.25, 0.3) is 0 Å². The van der Waals surface area contributed by atoms with E-state index in [4.69, 9.17) is 0 Å². The van der Waals surface area contributed by atoms with Crippen LogP contribution >= 0.6 is 0 Å². The zero-order chi connectivity index (χ0) is 11.3. The molecule has 0 atom stereocenters. The molecule has 0 aliphatic rings. The van der Waals surface area contributed by atoms with Crippen LogP contribution in [0.25, 0.3) is 5.57 Å². The molecule has 0 amide bonds. The van der Waals surface area contributed by atoms with Gasteiger partial charge in [0.2, 0.25) is 0 Å². The van der Waals surface area contributed by atoms with E-state index in [1.807, 2.05) is 0 Å². The van der Waals surface area contributed by atoms with Crippen molar-refractivity contribution in [1.29, 1.82) is 0 Å². The summed E-state index contributed by atoms with van der Waals surface area (Å²) in [5.41, 5.74) is 3.11. The number of allylic oxidation sites excluding steroid dienone is 2. The summed E-state index contributed by atoms with van der Waals surface area (Å²) in [5.74, 6) is 0. The van der Waals surface area contributed by atoms with Crippen molar-refractivity contribution in [3.05, 3.63) is 42.0 Å². The second kappa shape index (κ2) is 5.16. The van der Waals surface area contributed by atoms with Crippen molar-refractivity contribution in [2.75, 3.05) is 0 Å². The van der Waals surface area contributed by atoms with E-state index in [0.717, 1.165) is 0 Å². The van der Waals surface area contributed by atoms with Crippen LogP contribution in [0.15, 0.2) is 36.4 Å². The van der Waals surface area contributed by atoms with Crippen molar-refractivity contribution in [3.8, 4) is 0 Å². The maximum absolute atomic E-state index is 2.39. The molecule has 0 radical (unpaired) electrons. The molecule has 0 unspecified atom stereocenters. The van der Waals surface area contributed by atoms with Crippen LogP contribution in [0.3, 0.4) is 0 Å². The Morgan fingerprint density at radius 2 is 1.73 bits per heavy atom. The Hall–Kier alpha value is -1.04. The topological polar surface area (TPSA) is 0 Å². The van der Waals surface area contributed by atoms with E-state index < -0.39 is 0 Å². The Morgan fingerprint density at radius 1 is 1.13 bits per heavy atom. The average molecular weight is 202 g/mol. The summed E-state index contributed by atoms with van der Waals surface area (Å²) in [4.78, 5) is 0. The minimum absolute atomic E-state index is 0.264. The van der Waals surface area contributed by atoms with E-state index in [1.54, 1.807) is 0 Å². The Morgan fingerprint density at radius 3 is 2.20 bits per heavy atom. The molecule has 0 heteroatoms. The lowest BCUT2D eigenvalue weighted by Crippen LogP contribution is -2.01. The van der Waals surface area contributed by atoms with Crippen molar-refractivity contribution in [2.45, 2.75) is 40.5 Å². The van der Waals surface area contributed by atoms with E-state index in [1.165, 1.54) is 24.0 Å². The summed E-state index contributed by atoms with van der Waals surface area (Å²) in [5, 5.41) is 0. The Kier molecular flexibility index (Phi) is 4.14. The molecule has 0 aromatic heterocycles. The number of benzene rings is 1. The van der Waals surface area contributed by atoms with Crippen molar-refractivity contribution in [1.82, 2.24) is 0 Å².